The number of aromatic hydroxyl groups is 1. The number of carbonyl (C=O) groups excluding carboxylic acids is 2. The van der Waals surface area contributed by atoms with Gasteiger partial charge >= 0.3 is 5.97 Å². The molecule has 0 spiro atoms. The molecule has 0 aliphatic rings. The summed E-state index contributed by atoms with van der Waals surface area (Å²) in [6, 6.07) is 19.9. The summed E-state index contributed by atoms with van der Waals surface area (Å²) in [5.74, 6) is -0.721. The molecule has 3 aromatic rings. The molecular weight excluding hydrogens is 424 g/mol. The van der Waals surface area contributed by atoms with E-state index in [2.05, 4.69) is 26.5 Å². The van der Waals surface area contributed by atoms with E-state index in [9.17, 15) is 14.7 Å². The minimum atomic E-state index is -0.538. The summed E-state index contributed by atoms with van der Waals surface area (Å²) in [5.41, 5.74) is 3.61. The third kappa shape index (κ3) is 5.05. The van der Waals surface area contributed by atoms with Gasteiger partial charge in [0, 0.05) is 4.47 Å². The van der Waals surface area contributed by atoms with Gasteiger partial charge in [-0.05, 0) is 60.2 Å². The first kappa shape index (κ1) is 19.3. The largest absolute Gasteiger partial charge is 0.507 e. The smallest absolute Gasteiger partial charge is 0.343 e. The van der Waals surface area contributed by atoms with E-state index >= 15 is 0 Å². The summed E-state index contributed by atoms with van der Waals surface area (Å²) in [6.45, 7) is 0. The van der Waals surface area contributed by atoms with Gasteiger partial charge in [-0.1, -0.05) is 34.1 Å². The van der Waals surface area contributed by atoms with Crippen LogP contribution in [0.5, 0.6) is 11.5 Å². The summed E-state index contributed by atoms with van der Waals surface area (Å²) in [5, 5.41) is 13.6. The first-order chi connectivity index (χ1) is 13.5. The lowest BCUT2D eigenvalue weighted by Crippen LogP contribution is -2.17. The summed E-state index contributed by atoms with van der Waals surface area (Å²) in [4.78, 5) is 24.1. The van der Waals surface area contributed by atoms with Crippen molar-refractivity contribution >= 4 is 34.0 Å². The van der Waals surface area contributed by atoms with E-state index in [0.717, 1.165) is 0 Å². The van der Waals surface area contributed by atoms with Gasteiger partial charge in [0.2, 0.25) is 0 Å². The van der Waals surface area contributed by atoms with Crippen LogP contribution in [0.4, 0.5) is 0 Å². The molecule has 6 nitrogen and oxygen atoms in total. The molecule has 0 saturated carbocycles. The van der Waals surface area contributed by atoms with Crippen molar-refractivity contribution in [2.45, 2.75) is 0 Å². The van der Waals surface area contributed by atoms with Gasteiger partial charge in [-0.25, -0.2) is 10.2 Å². The molecule has 2 N–H and O–H groups in total. The number of benzene rings is 3. The summed E-state index contributed by atoms with van der Waals surface area (Å²) >= 11 is 3.24. The second kappa shape index (κ2) is 8.96. The second-order valence-corrected chi connectivity index (χ2v) is 6.60. The Hall–Kier alpha value is -3.45. The van der Waals surface area contributed by atoms with E-state index in [0.29, 0.717) is 21.3 Å². The van der Waals surface area contributed by atoms with Crippen molar-refractivity contribution in [1.82, 2.24) is 5.43 Å². The molecule has 1 amide bonds. The molecule has 0 bridgehead atoms. The van der Waals surface area contributed by atoms with Crippen molar-refractivity contribution in [2.75, 3.05) is 0 Å². The number of phenols is 1. The monoisotopic (exact) mass is 438 g/mol. The number of rotatable bonds is 5. The number of nitrogens with one attached hydrogen (secondary N) is 1. The van der Waals surface area contributed by atoms with Gasteiger partial charge in [-0.2, -0.15) is 5.10 Å². The molecule has 0 atom stereocenters. The number of phenolic OH excluding ortho intramolecular Hbond substituents is 1. The third-order valence-corrected chi connectivity index (χ3v) is 4.18. The first-order valence-corrected chi connectivity index (χ1v) is 9.01. The van der Waals surface area contributed by atoms with Crippen LogP contribution in [0.3, 0.4) is 0 Å². The van der Waals surface area contributed by atoms with Crippen LogP contribution in [-0.4, -0.2) is 23.2 Å². The zero-order valence-corrected chi connectivity index (χ0v) is 16.1. The van der Waals surface area contributed by atoms with Gasteiger partial charge in [-0.15, -0.1) is 0 Å². The molecule has 0 aliphatic heterocycles. The molecule has 140 valence electrons. The Balaban J connectivity index is 1.59. The first-order valence-electron chi connectivity index (χ1n) is 8.22. The maximum Gasteiger partial charge on any atom is 0.343 e. The van der Waals surface area contributed by atoms with Crippen molar-refractivity contribution in [1.29, 1.82) is 0 Å². The van der Waals surface area contributed by atoms with Gasteiger partial charge in [0.25, 0.3) is 5.91 Å². The van der Waals surface area contributed by atoms with Crippen LogP contribution in [0.1, 0.15) is 26.3 Å². The molecule has 3 aromatic carbocycles. The van der Waals surface area contributed by atoms with Crippen molar-refractivity contribution < 1.29 is 19.4 Å². The zero-order valence-electron chi connectivity index (χ0n) is 14.5. The van der Waals surface area contributed by atoms with Crippen LogP contribution in [0, 0.1) is 0 Å². The topological polar surface area (TPSA) is 88.0 Å². The predicted octanol–water partition coefficient (Wildman–Crippen LogP) is 4.14. The van der Waals surface area contributed by atoms with Crippen LogP contribution >= 0.6 is 15.9 Å². The molecule has 0 aliphatic carbocycles. The lowest BCUT2D eigenvalue weighted by Gasteiger charge is -2.05. The fourth-order valence-electron chi connectivity index (χ4n) is 2.28. The molecule has 0 heterocycles. The quantitative estimate of drug-likeness (QED) is 0.271. The molecular formula is C21H15BrN2O4. The number of hydrazone groups is 1. The van der Waals surface area contributed by atoms with Crippen LogP contribution < -0.4 is 10.2 Å². The Labute approximate surface area is 169 Å². The number of ether oxygens (including phenoxy) is 1. The highest BCUT2D eigenvalue weighted by Crippen LogP contribution is 2.21. The van der Waals surface area contributed by atoms with E-state index in [1.807, 2.05) is 6.07 Å². The van der Waals surface area contributed by atoms with E-state index in [1.165, 1.54) is 18.3 Å². The molecule has 0 saturated heterocycles. The highest BCUT2D eigenvalue weighted by molar-refractivity contribution is 9.10. The number of hydrogen-bond donors (Lipinski definition) is 2. The number of hydrogen-bond acceptors (Lipinski definition) is 5. The normalized spacial score (nSPS) is 10.6. The number of nitrogens with zero attached hydrogens (tertiary/aromatic N) is 1. The fraction of sp³-hybridized carbons (Fsp3) is 0. The van der Waals surface area contributed by atoms with Crippen molar-refractivity contribution in [3.8, 4) is 11.5 Å². The zero-order chi connectivity index (χ0) is 19.9. The van der Waals surface area contributed by atoms with Gasteiger partial charge in [0.05, 0.1) is 17.3 Å². The van der Waals surface area contributed by atoms with Gasteiger partial charge < -0.3 is 9.84 Å². The highest BCUT2D eigenvalue weighted by Gasteiger charge is 2.10. The second-order valence-electron chi connectivity index (χ2n) is 5.69. The Morgan fingerprint density at radius 3 is 2.43 bits per heavy atom. The Kier molecular flexibility index (Phi) is 6.18. The van der Waals surface area contributed by atoms with Crippen LogP contribution in [-0.2, 0) is 0 Å². The lowest BCUT2D eigenvalue weighted by molar-refractivity contribution is 0.0734. The Bertz CT molecular complexity index is 1020. The van der Waals surface area contributed by atoms with Gasteiger partial charge in [-0.3, -0.25) is 4.79 Å². The van der Waals surface area contributed by atoms with E-state index < -0.39 is 11.9 Å². The minimum absolute atomic E-state index is 0.106. The predicted molar refractivity (Wildman–Crippen MR) is 109 cm³/mol. The van der Waals surface area contributed by atoms with E-state index in [-0.39, 0.29) is 11.3 Å². The standard InChI is InChI=1S/C21H15BrN2O4/c22-16-8-11-19(25)18(12-16)20(26)24-23-13-14-6-9-17(10-7-14)28-21(27)15-4-2-1-3-5-15/h1-13,25H,(H,24,26)/b23-13-. The summed E-state index contributed by atoms with van der Waals surface area (Å²) in [7, 11) is 0. The van der Waals surface area contributed by atoms with Crippen LogP contribution in [0.15, 0.2) is 82.4 Å². The maximum absolute atomic E-state index is 12.1. The third-order valence-electron chi connectivity index (χ3n) is 3.68. The average Bonchev–Trinajstić information content (AvgIpc) is 2.71. The fourth-order valence-corrected chi connectivity index (χ4v) is 2.64. The molecule has 0 fully saturated rings. The lowest BCUT2D eigenvalue weighted by atomic mass is 10.2. The average molecular weight is 439 g/mol. The molecule has 3 rings (SSSR count). The molecule has 7 heteroatoms. The van der Waals surface area contributed by atoms with Crippen LogP contribution in [0.2, 0.25) is 0 Å². The molecule has 0 unspecified atom stereocenters. The molecule has 0 aromatic heterocycles. The Morgan fingerprint density at radius 1 is 1.00 bits per heavy atom. The Morgan fingerprint density at radius 2 is 1.71 bits per heavy atom. The number of halogens is 1. The summed E-state index contributed by atoms with van der Waals surface area (Å²) in [6.07, 6.45) is 1.44. The summed E-state index contributed by atoms with van der Waals surface area (Å²) < 4.78 is 5.96. The number of esters is 1. The van der Waals surface area contributed by atoms with E-state index in [4.69, 9.17) is 4.74 Å². The van der Waals surface area contributed by atoms with Crippen molar-refractivity contribution in [3.63, 3.8) is 0 Å². The molecule has 0 radical (unpaired) electrons. The van der Waals surface area contributed by atoms with E-state index in [1.54, 1.807) is 54.6 Å². The maximum atomic E-state index is 12.1. The molecule has 28 heavy (non-hydrogen) atoms. The van der Waals surface area contributed by atoms with Gasteiger partial charge in [0.1, 0.15) is 11.5 Å². The highest BCUT2D eigenvalue weighted by atomic mass is 79.9. The van der Waals surface area contributed by atoms with Gasteiger partial charge in [0.15, 0.2) is 0 Å². The van der Waals surface area contributed by atoms with Crippen molar-refractivity contribution in [3.05, 3.63) is 94.0 Å². The minimum Gasteiger partial charge on any atom is -0.507 e. The van der Waals surface area contributed by atoms with Crippen molar-refractivity contribution in [2.24, 2.45) is 5.10 Å². The van der Waals surface area contributed by atoms with Crippen LogP contribution in [0.25, 0.3) is 0 Å². The number of carbonyl (C=O) groups is 2. The number of amides is 1. The SMILES string of the molecule is O=C(Oc1ccc(/C=N\NC(=O)c2cc(Br)ccc2O)cc1)c1ccccc1.